The molecule has 4 heteroatoms. The number of hydrogen-bond acceptors (Lipinski definition) is 2. The molecule has 1 aromatic carbocycles. The van der Waals surface area contributed by atoms with Crippen molar-refractivity contribution in [2.45, 2.75) is 6.92 Å². The van der Waals surface area contributed by atoms with Gasteiger partial charge in [0.1, 0.15) is 0 Å². The second kappa shape index (κ2) is 4.36. The maximum absolute atomic E-state index is 8.66. The maximum atomic E-state index is 8.66. The van der Waals surface area contributed by atoms with Crippen LogP contribution in [0.3, 0.4) is 0 Å². The van der Waals surface area contributed by atoms with Crippen molar-refractivity contribution in [2.75, 3.05) is 0 Å². The van der Waals surface area contributed by atoms with Crippen LogP contribution in [0.1, 0.15) is 12.5 Å². The molecule has 14 heavy (non-hydrogen) atoms. The van der Waals surface area contributed by atoms with E-state index in [1.165, 1.54) is 0 Å². The van der Waals surface area contributed by atoms with E-state index in [0.29, 0.717) is 26.9 Å². The fourth-order valence-corrected chi connectivity index (χ4v) is 1.36. The zero-order chi connectivity index (χ0) is 10.7. The fraction of sp³-hybridized carbons (Fsp3) is 0.100. The van der Waals surface area contributed by atoms with Crippen molar-refractivity contribution in [3.8, 4) is 6.07 Å². The highest BCUT2D eigenvalue weighted by molar-refractivity contribution is 6.34. The second-order valence-corrected chi connectivity index (χ2v) is 3.62. The Morgan fingerprint density at radius 1 is 1.43 bits per heavy atom. The molecule has 1 aromatic rings. The molecule has 0 fully saturated rings. The average molecular weight is 227 g/mol. The number of allylic oxidation sites excluding steroid dienone is 1. The molecule has 0 unspecified atom stereocenters. The zero-order valence-corrected chi connectivity index (χ0v) is 9.02. The van der Waals surface area contributed by atoms with Crippen LogP contribution in [-0.2, 0) is 0 Å². The molecule has 72 valence electrons. The lowest BCUT2D eigenvalue weighted by molar-refractivity contribution is 1.39. The molecule has 0 aliphatic rings. The van der Waals surface area contributed by atoms with E-state index in [9.17, 15) is 0 Å². The summed E-state index contributed by atoms with van der Waals surface area (Å²) in [5.41, 5.74) is 7.11. The molecule has 2 N–H and O–H groups in total. The van der Waals surface area contributed by atoms with Gasteiger partial charge in [-0.25, -0.2) is 0 Å². The van der Waals surface area contributed by atoms with Crippen LogP contribution in [-0.4, -0.2) is 0 Å². The van der Waals surface area contributed by atoms with Gasteiger partial charge in [-0.15, -0.1) is 0 Å². The molecule has 0 saturated carbocycles. The number of benzene rings is 1. The van der Waals surface area contributed by atoms with Gasteiger partial charge in [-0.1, -0.05) is 23.2 Å². The first-order chi connectivity index (χ1) is 6.56. The molecule has 0 aliphatic heterocycles. The van der Waals surface area contributed by atoms with Crippen molar-refractivity contribution in [3.05, 3.63) is 39.4 Å². The molecular weight excluding hydrogens is 219 g/mol. The summed E-state index contributed by atoms with van der Waals surface area (Å²) in [4.78, 5) is 0. The molecule has 0 atom stereocenters. The number of hydrogen-bond donors (Lipinski definition) is 1. The van der Waals surface area contributed by atoms with Gasteiger partial charge in [0, 0.05) is 21.2 Å². The lowest BCUT2D eigenvalue weighted by Crippen LogP contribution is -1.99. The first-order valence-electron chi connectivity index (χ1n) is 3.88. The standard InChI is InChI=1S/C10H8Cl2N2/c1-6(5-13)10(14)8-4-7(11)2-3-9(8)12/h2-4H,14H2,1H3/b10-6-. The van der Waals surface area contributed by atoms with Crippen LogP contribution in [0.25, 0.3) is 5.70 Å². The van der Waals surface area contributed by atoms with Crippen molar-refractivity contribution in [1.29, 1.82) is 5.26 Å². The van der Waals surface area contributed by atoms with Gasteiger partial charge >= 0.3 is 0 Å². The van der Waals surface area contributed by atoms with Gasteiger partial charge in [-0.05, 0) is 25.1 Å². The van der Waals surface area contributed by atoms with Crippen molar-refractivity contribution in [2.24, 2.45) is 5.73 Å². The second-order valence-electron chi connectivity index (χ2n) is 2.77. The number of nitrogens with two attached hydrogens (primary N) is 1. The minimum absolute atomic E-state index is 0.361. The number of rotatable bonds is 1. The van der Waals surface area contributed by atoms with Crippen LogP contribution in [0, 0.1) is 11.3 Å². The summed E-state index contributed by atoms with van der Waals surface area (Å²) < 4.78 is 0. The Hall–Kier alpha value is -1.17. The van der Waals surface area contributed by atoms with Crippen molar-refractivity contribution < 1.29 is 0 Å². The number of nitriles is 1. The molecule has 0 bridgehead atoms. The summed E-state index contributed by atoms with van der Waals surface area (Å²) in [7, 11) is 0. The van der Waals surface area contributed by atoms with Gasteiger partial charge in [0.05, 0.1) is 11.8 Å². The Labute approximate surface area is 92.5 Å². The summed E-state index contributed by atoms with van der Waals surface area (Å²) in [5.74, 6) is 0. The minimum atomic E-state index is 0.361. The highest BCUT2D eigenvalue weighted by Crippen LogP contribution is 2.25. The molecule has 0 spiro atoms. The molecule has 0 heterocycles. The zero-order valence-electron chi connectivity index (χ0n) is 7.51. The summed E-state index contributed by atoms with van der Waals surface area (Å²) in [6, 6.07) is 6.92. The highest BCUT2D eigenvalue weighted by Gasteiger charge is 2.06. The summed E-state index contributed by atoms with van der Waals surface area (Å²) >= 11 is 11.7. The molecule has 0 amide bonds. The van der Waals surface area contributed by atoms with Crippen molar-refractivity contribution in [3.63, 3.8) is 0 Å². The smallest absolute Gasteiger partial charge is 0.0965 e. The first-order valence-corrected chi connectivity index (χ1v) is 4.63. The van der Waals surface area contributed by atoms with Crippen molar-refractivity contribution in [1.82, 2.24) is 0 Å². The van der Waals surface area contributed by atoms with Crippen LogP contribution in [0.15, 0.2) is 23.8 Å². The van der Waals surface area contributed by atoms with E-state index in [-0.39, 0.29) is 0 Å². The molecule has 0 saturated heterocycles. The van der Waals surface area contributed by atoms with Crippen LogP contribution in [0.2, 0.25) is 10.0 Å². The molecule has 1 rings (SSSR count). The van der Waals surface area contributed by atoms with Gasteiger partial charge in [-0.2, -0.15) is 5.26 Å². The fourth-order valence-electron chi connectivity index (χ4n) is 0.966. The van der Waals surface area contributed by atoms with E-state index in [0.717, 1.165) is 0 Å². The van der Waals surface area contributed by atoms with Crippen LogP contribution in [0.5, 0.6) is 0 Å². The first kappa shape index (κ1) is 10.9. The van der Waals surface area contributed by atoms with E-state index in [4.69, 9.17) is 34.2 Å². The van der Waals surface area contributed by atoms with Crippen LogP contribution in [0.4, 0.5) is 0 Å². The average Bonchev–Trinajstić information content (AvgIpc) is 2.19. The molecule has 2 nitrogen and oxygen atoms in total. The quantitative estimate of drug-likeness (QED) is 0.749. The summed E-state index contributed by atoms with van der Waals surface area (Å²) in [6.45, 7) is 1.63. The summed E-state index contributed by atoms with van der Waals surface area (Å²) in [6.07, 6.45) is 0. The lowest BCUT2D eigenvalue weighted by Gasteiger charge is -2.05. The molecular formula is C10H8Cl2N2. The van der Waals surface area contributed by atoms with E-state index >= 15 is 0 Å². The Morgan fingerprint density at radius 3 is 2.64 bits per heavy atom. The topological polar surface area (TPSA) is 49.8 Å². The van der Waals surface area contributed by atoms with Gasteiger partial charge < -0.3 is 5.73 Å². The minimum Gasteiger partial charge on any atom is -0.397 e. The maximum Gasteiger partial charge on any atom is 0.0965 e. The predicted octanol–water partition coefficient (Wildman–Crippen LogP) is 3.21. The number of halogens is 2. The SMILES string of the molecule is C/C(C#N)=C(/N)c1cc(Cl)ccc1Cl. The third-order valence-electron chi connectivity index (χ3n) is 1.79. The van der Waals surface area contributed by atoms with Crippen LogP contribution >= 0.6 is 23.2 Å². The van der Waals surface area contributed by atoms with Crippen LogP contribution < -0.4 is 5.73 Å². The monoisotopic (exact) mass is 226 g/mol. The number of nitrogens with zero attached hydrogens (tertiary/aromatic N) is 1. The van der Waals surface area contributed by atoms with Crippen molar-refractivity contribution >= 4 is 28.9 Å². The van der Waals surface area contributed by atoms with Gasteiger partial charge in [0.15, 0.2) is 0 Å². The van der Waals surface area contributed by atoms with Gasteiger partial charge in [0.2, 0.25) is 0 Å². The summed E-state index contributed by atoms with van der Waals surface area (Å²) in [5, 5.41) is 9.69. The Balaban J connectivity index is 3.34. The van der Waals surface area contributed by atoms with E-state index in [1.54, 1.807) is 25.1 Å². The molecule has 0 aliphatic carbocycles. The highest BCUT2D eigenvalue weighted by atomic mass is 35.5. The molecule has 0 radical (unpaired) electrons. The molecule has 0 aromatic heterocycles. The normalized spacial score (nSPS) is 11.9. The van der Waals surface area contributed by atoms with E-state index in [1.807, 2.05) is 6.07 Å². The lowest BCUT2D eigenvalue weighted by atomic mass is 10.1. The van der Waals surface area contributed by atoms with Gasteiger partial charge in [-0.3, -0.25) is 0 Å². The largest absolute Gasteiger partial charge is 0.397 e. The van der Waals surface area contributed by atoms with Gasteiger partial charge in [0.25, 0.3) is 0 Å². The Bertz CT molecular complexity index is 430. The Kier molecular flexibility index (Phi) is 3.40. The third-order valence-corrected chi connectivity index (χ3v) is 2.35. The predicted molar refractivity (Wildman–Crippen MR) is 58.9 cm³/mol. The third kappa shape index (κ3) is 2.20. The van der Waals surface area contributed by atoms with E-state index < -0.39 is 0 Å². The van der Waals surface area contributed by atoms with E-state index in [2.05, 4.69) is 0 Å². The Morgan fingerprint density at radius 2 is 2.07 bits per heavy atom.